The lowest BCUT2D eigenvalue weighted by atomic mass is 9.88. The lowest BCUT2D eigenvalue weighted by Crippen LogP contribution is -2.41. The van der Waals surface area contributed by atoms with Gasteiger partial charge in [-0.3, -0.25) is 9.59 Å². The van der Waals surface area contributed by atoms with Crippen molar-refractivity contribution in [1.29, 1.82) is 0 Å². The van der Waals surface area contributed by atoms with E-state index in [4.69, 9.17) is 0 Å². The molecule has 0 unspecified atom stereocenters. The molecule has 0 aliphatic carbocycles. The molecule has 0 fully saturated rings. The van der Waals surface area contributed by atoms with Crippen molar-refractivity contribution < 1.29 is 19.8 Å². The Morgan fingerprint density at radius 1 is 1.25 bits per heavy atom. The number of hydrogen-bond acceptors (Lipinski definition) is 4. The summed E-state index contributed by atoms with van der Waals surface area (Å²) in [5.41, 5.74) is -0.856. The Hall–Kier alpha value is -2.18. The topological polar surface area (TPSA) is 77.8 Å². The molecule has 3 rings (SSSR count). The minimum atomic E-state index is -1.94. The van der Waals surface area contributed by atoms with Crippen LogP contribution < -0.4 is 4.90 Å². The molecule has 1 amide bonds. The maximum Gasteiger partial charge on any atom is 0.264 e. The normalized spacial score (nSPS) is 19.5. The molecule has 5 nitrogen and oxygen atoms in total. The first-order valence-electron chi connectivity index (χ1n) is 7.54. The Balaban J connectivity index is 2.04. The van der Waals surface area contributed by atoms with Crippen molar-refractivity contribution in [3.8, 4) is 5.75 Å². The number of likely N-dealkylation sites (N-methyl/N-ethyl adjacent to an activating group) is 1. The zero-order chi connectivity index (χ0) is 17.5. The maximum atomic E-state index is 12.7. The van der Waals surface area contributed by atoms with Gasteiger partial charge in [-0.05, 0) is 37.3 Å². The number of para-hydroxylation sites is 1. The lowest BCUT2D eigenvalue weighted by molar-refractivity contribution is -0.135. The van der Waals surface area contributed by atoms with Gasteiger partial charge in [-0.25, -0.2) is 0 Å². The van der Waals surface area contributed by atoms with E-state index in [1.54, 1.807) is 37.3 Å². The molecule has 24 heavy (non-hydrogen) atoms. The summed E-state index contributed by atoms with van der Waals surface area (Å²) in [6.45, 7) is 2.20. The third-order valence-corrected chi connectivity index (χ3v) is 4.72. The van der Waals surface area contributed by atoms with E-state index in [2.05, 4.69) is 15.9 Å². The van der Waals surface area contributed by atoms with Crippen molar-refractivity contribution in [2.45, 2.75) is 18.9 Å². The standard InChI is InChI=1S/C18H16BrNO4/c1-2-20-14-8-7-11(19)9-13(14)18(24,17(20)23)10-16(22)12-5-3-4-6-15(12)21/h3-9,21,24H,2,10H2,1H3/t18-/m1/s1. The smallest absolute Gasteiger partial charge is 0.264 e. The summed E-state index contributed by atoms with van der Waals surface area (Å²) < 4.78 is 0.709. The highest BCUT2D eigenvalue weighted by Gasteiger charge is 2.50. The van der Waals surface area contributed by atoms with Crippen LogP contribution in [0.3, 0.4) is 0 Å². The van der Waals surface area contributed by atoms with Crippen LogP contribution in [0.4, 0.5) is 5.69 Å². The van der Waals surface area contributed by atoms with Gasteiger partial charge in [0.25, 0.3) is 5.91 Å². The Bertz CT molecular complexity index is 836. The van der Waals surface area contributed by atoms with Gasteiger partial charge in [0.2, 0.25) is 0 Å². The molecule has 1 aliphatic rings. The van der Waals surface area contributed by atoms with Gasteiger partial charge in [-0.1, -0.05) is 28.1 Å². The first-order chi connectivity index (χ1) is 11.4. The molecular weight excluding hydrogens is 374 g/mol. The zero-order valence-electron chi connectivity index (χ0n) is 13.0. The van der Waals surface area contributed by atoms with Gasteiger partial charge in [0.15, 0.2) is 11.4 Å². The number of rotatable bonds is 4. The number of anilines is 1. The van der Waals surface area contributed by atoms with Crippen molar-refractivity contribution >= 4 is 33.3 Å². The van der Waals surface area contributed by atoms with Gasteiger partial charge < -0.3 is 15.1 Å². The number of carbonyl (C=O) groups excluding carboxylic acids is 2. The lowest BCUT2D eigenvalue weighted by Gasteiger charge is -2.22. The minimum absolute atomic E-state index is 0.0882. The van der Waals surface area contributed by atoms with Gasteiger partial charge in [0.05, 0.1) is 17.7 Å². The number of halogens is 1. The molecule has 124 valence electrons. The number of phenolic OH excluding ortho intramolecular Hbond substituents is 1. The molecule has 0 saturated carbocycles. The molecule has 0 aromatic heterocycles. The van der Waals surface area contributed by atoms with Crippen LogP contribution in [0.15, 0.2) is 46.9 Å². The third kappa shape index (κ3) is 2.52. The SMILES string of the molecule is CCN1C(=O)[C@@](O)(CC(=O)c2ccccc2O)c2cc(Br)ccc21. The number of aromatic hydroxyl groups is 1. The average molecular weight is 390 g/mol. The van der Waals surface area contributed by atoms with Crippen molar-refractivity contribution in [3.63, 3.8) is 0 Å². The average Bonchev–Trinajstić information content (AvgIpc) is 2.75. The summed E-state index contributed by atoms with van der Waals surface area (Å²) in [7, 11) is 0. The molecule has 6 heteroatoms. The zero-order valence-corrected chi connectivity index (χ0v) is 14.6. The number of fused-ring (bicyclic) bond motifs is 1. The van der Waals surface area contributed by atoms with Gasteiger partial charge in [-0.2, -0.15) is 0 Å². The van der Waals surface area contributed by atoms with E-state index < -0.39 is 23.7 Å². The van der Waals surface area contributed by atoms with E-state index >= 15 is 0 Å². The van der Waals surface area contributed by atoms with Crippen molar-refractivity contribution in [2.24, 2.45) is 0 Å². The highest BCUT2D eigenvalue weighted by Crippen LogP contribution is 2.44. The number of amides is 1. The molecule has 1 heterocycles. The first-order valence-corrected chi connectivity index (χ1v) is 8.33. The number of Topliss-reactive ketones (excluding diaryl/α,β-unsaturated/α-hetero) is 1. The second kappa shape index (κ2) is 6.03. The molecule has 0 saturated heterocycles. The molecular formula is C18H16BrNO4. The molecule has 2 aromatic carbocycles. The van der Waals surface area contributed by atoms with Gasteiger partial charge in [0, 0.05) is 16.6 Å². The summed E-state index contributed by atoms with van der Waals surface area (Å²) in [4.78, 5) is 26.7. The molecule has 2 N–H and O–H groups in total. The van der Waals surface area contributed by atoms with E-state index in [1.807, 2.05) is 0 Å². The molecule has 0 bridgehead atoms. The van der Waals surface area contributed by atoms with Crippen molar-refractivity contribution in [3.05, 3.63) is 58.1 Å². The summed E-state index contributed by atoms with van der Waals surface area (Å²) in [5.74, 6) is -1.19. The number of aliphatic hydroxyl groups is 1. The number of benzene rings is 2. The Kier molecular flexibility index (Phi) is 4.19. The second-order valence-electron chi connectivity index (χ2n) is 5.69. The fourth-order valence-corrected chi connectivity index (χ4v) is 3.41. The van der Waals surface area contributed by atoms with E-state index in [0.717, 1.165) is 0 Å². The summed E-state index contributed by atoms with van der Waals surface area (Å²) in [6.07, 6.45) is -0.427. The fourth-order valence-electron chi connectivity index (χ4n) is 3.04. The second-order valence-corrected chi connectivity index (χ2v) is 6.60. The van der Waals surface area contributed by atoms with Gasteiger partial charge in [0.1, 0.15) is 5.75 Å². The molecule has 0 spiro atoms. The van der Waals surface area contributed by atoms with Crippen LogP contribution in [0, 0.1) is 0 Å². The van der Waals surface area contributed by atoms with Crippen LogP contribution in [-0.2, 0) is 10.4 Å². The number of phenols is 1. The largest absolute Gasteiger partial charge is 0.507 e. The first kappa shape index (κ1) is 16.7. The van der Waals surface area contributed by atoms with Crippen LogP contribution >= 0.6 is 15.9 Å². The maximum absolute atomic E-state index is 12.7. The van der Waals surface area contributed by atoms with Crippen LogP contribution in [0.2, 0.25) is 0 Å². The predicted molar refractivity (Wildman–Crippen MR) is 93.1 cm³/mol. The molecule has 1 atom stereocenters. The third-order valence-electron chi connectivity index (χ3n) is 4.23. The van der Waals surface area contributed by atoms with Gasteiger partial charge >= 0.3 is 0 Å². The minimum Gasteiger partial charge on any atom is -0.507 e. The van der Waals surface area contributed by atoms with Crippen molar-refractivity contribution in [1.82, 2.24) is 0 Å². The number of nitrogens with zero attached hydrogens (tertiary/aromatic N) is 1. The summed E-state index contributed by atoms with van der Waals surface area (Å²) in [6, 6.07) is 11.3. The Morgan fingerprint density at radius 2 is 1.96 bits per heavy atom. The monoisotopic (exact) mass is 389 g/mol. The van der Waals surface area contributed by atoms with E-state index in [0.29, 0.717) is 22.3 Å². The van der Waals surface area contributed by atoms with Crippen LogP contribution in [0.5, 0.6) is 5.75 Å². The van der Waals surface area contributed by atoms with E-state index in [9.17, 15) is 19.8 Å². The summed E-state index contributed by atoms with van der Waals surface area (Å²) >= 11 is 3.34. The van der Waals surface area contributed by atoms with Crippen molar-refractivity contribution in [2.75, 3.05) is 11.4 Å². The van der Waals surface area contributed by atoms with E-state index in [-0.39, 0.29) is 11.3 Å². The quantitative estimate of drug-likeness (QED) is 0.787. The number of carbonyl (C=O) groups is 2. The van der Waals surface area contributed by atoms with Gasteiger partial charge in [-0.15, -0.1) is 0 Å². The van der Waals surface area contributed by atoms with Crippen LogP contribution in [-0.4, -0.2) is 28.4 Å². The predicted octanol–water partition coefficient (Wildman–Crippen LogP) is 2.98. The highest BCUT2D eigenvalue weighted by atomic mass is 79.9. The Labute approximate surface area is 147 Å². The molecule has 2 aromatic rings. The van der Waals surface area contributed by atoms with E-state index in [1.165, 1.54) is 17.0 Å². The fraction of sp³-hybridized carbons (Fsp3) is 0.222. The molecule has 1 aliphatic heterocycles. The molecule has 0 radical (unpaired) electrons. The van der Waals surface area contributed by atoms with Crippen LogP contribution in [0.1, 0.15) is 29.3 Å². The summed E-state index contributed by atoms with van der Waals surface area (Å²) in [5, 5.41) is 20.9. The van der Waals surface area contributed by atoms with Crippen LogP contribution in [0.25, 0.3) is 0 Å². The highest BCUT2D eigenvalue weighted by molar-refractivity contribution is 9.10. The number of ketones is 1. The number of hydrogen-bond donors (Lipinski definition) is 2. The Morgan fingerprint density at radius 3 is 2.62 bits per heavy atom.